The molecule has 0 bridgehead atoms. The van der Waals surface area contributed by atoms with Crippen LogP contribution in [0.5, 0.6) is 0 Å². The van der Waals surface area contributed by atoms with Gasteiger partial charge in [-0.05, 0) is 31.9 Å². The lowest BCUT2D eigenvalue weighted by molar-refractivity contribution is -0.135. The van der Waals surface area contributed by atoms with E-state index in [1.54, 1.807) is 4.90 Å². The molecule has 0 spiro atoms. The number of nitrogens with two attached hydrogens (primary N) is 1. The fourth-order valence-electron chi connectivity index (χ4n) is 2.52. The van der Waals surface area contributed by atoms with Gasteiger partial charge in [-0.2, -0.15) is 0 Å². The van der Waals surface area contributed by atoms with Crippen LogP contribution in [0, 0.1) is 5.92 Å². The maximum absolute atomic E-state index is 12.3. The van der Waals surface area contributed by atoms with E-state index in [0.29, 0.717) is 6.54 Å². The number of carbonyl (C=O) groups is 2. The molecule has 5 heteroatoms. The average molecular weight is 275 g/mol. The molecule has 2 amide bonds. The van der Waals surface area contributed by atoms with Gasteiger partial charge in [0, 0.05) is 18.3 Å². The zero-order valence-corrected chi connectivity index (χ0v) is 11.7. The maximum Gasteiger partial charge on any atom is 0.242 e. The molecule has 1 saturated heterocycles. The van der Waals surface area contributed by atoms with Gasteiger partial charge in [-0.25, -0.2) is 0 Å². The molecular weight excluding hydrogens is 254 g/mol. The third-order valence-electron chi connectivity index (χ3n) is 3.82. The van der Waals surface area contributed by atoms with Crippen LogP contribution >= 0.6 is 0 Å². The number of para-hydroxylation sites is 1. The van der Waals surface area contributed by atoms with E-state index < -0.39 is 0 Å². The first-order valence-electron chi connectivity index (χ1n) is 6.95. The normalized spacial score (nSPS) is 22.4. The van der Waals surface area contributed by atoms with Crippen LogP contribution < -0.4 is 11.1 Å². The Balaban J connectivity index is 1.91. The van der Waals surface area contributed by atoms with Gasteiger partial charge in [0.25, 0.3) is 0 Å². The number of hydrogen-bond acceptors (Lipinski definition) is 3. The van der Waals surface area contributed by atoms with Crippen molar-refractivity contribution in [3.8, 4) is 0 Å². The molecule has 1 aliphatic rings. The summed E-state index contributed by atoms with van der Waals surface area (Å²) in [5, 5.41) is 3.10. The Morgan fingerprint density at radius 3 is 2.65 bits per heavy atom. The van der Waals surface area contributed by atoms with Crippen LogP contribution in [0.25, 0.3) is 0 Å². The number of primary amides is 1. The molecule has 5 nitrogen and oxygen atoms in total. The van der Waals surface area contributed by atoms with Gasteiger partial charge >= 0.3 is 0 Å². The summed E-state index contributed by atoms with van der Waals surface area (Å²) in [6.45, 7) is 2.68. The smallest absolute Gasteiger partial charge is 0.242 e. The standard InChI is InChI=1S/C15H21N3O2/c1-11-7-8-12(15(16)20)10-18(11)14(19)9-17-13-5-3-2-4-6-13/h2-6,11-12,17H,7-10H2,1H3,(H2,16,20). The first-order chi connectivity index (χ1) is 9.58. The number of rotatable bonds is 4. The van der Waals surface area contributed by atoms with Crippen molar-refractivity contribution >= 4 is 17.5 Å². The summed E-state index contributed by atoms with van der Waals surface area (Å²) in [5.74, 6) is -0.523. The monoisotopic (exact) mass is 275 g/mol. The van der Waals surface area contributed by atoms with E-state index >= 15 is 0 Å². The van der Waals surface area contributed by atoms with Crippen molar-refractivity contribution in [2.75, 3.05) is 18.4 Å². The summed E-state index contributed by atoms with van der Waals surface area (Å²) in [6.07, 6.45) is 1.59. The number of likely N-dealkylation sites (tertiary alicyclic amines) is 1. The summed E-state index contributed by atoms with van der Waals surface area (Å²) in [4.78, 5) is 25.3. The fraction of sp³-hybridized carbons (Fsp3) is 0.467. The van der Waals surface area contributed by atoms with Crippen LogP contribution in [0.15, 0.2) is 30.3 Å². The lowest BCUT2D eigenvalue weighted by Gasteiger charge is -2.37. The minimum absolute atomic E-state index is 0.00676. The first-order valence-corrected chi connectivity index (χ1v) is 6.95. The molecule has 0 aliphatic carbocycles. The van der Waals surface area contributed by atoms with Crippen molar-refractivity contribution in [1.29, 1.82) is 0 Å². The van der Waals surface area contributed by atoms with Crippen LogP contribution in [-0.2, 0) is 9.59 Å². The van der Waals surface area contributed by atoms with Crippen molar-refractivity contribution in [2.45, 2.75) is 25.8 Å². The van der Waals surface area contributed by atoms with E-state index in [2.05, 4.69) is 5.32 Å². The quantitative estimate of drug-likeness (QED) is 0.867. The summed E-state index contributed by atoms with van der Waals surface area (Å²) in [7, 11) is 0. The highest BCUT2D eigenvalue weighted by atomic mass is 16.2. The highest BCUT2D eigenvalue weighted by molar-refractivity contribution is 5.83. The predicted molar refractivity (Wildman–Crippen MR) is 78.0 cm³/mol. The maximum atomic E-state index is 12.3. The largest absolute Gasteiger partial charge is 0.376 e. The summed E-state index contributed by atoms with van der Waals surface area (Å²) >= 11 is 0. The molecule has 2 rings (SSSR count). The van der Waals surface area contributed by atoms with Crippen molar-refractivity contribution in [3.05, 3.63) is 30.3 Å². The molecule has 0 radical (unpaired) electrons. The highest BCUT2D eigenvalue weighted by Crippen LogP contribution is 2.21. The van der Waals surface area contributed by atoms with E-state index in [0.717, 1.165) is 18.5 Å². The number of carbonyl (C=O) groups excluding carboxylic acids is 2. The second-order valence-corrected chi connectivity index (χ2v) is 5.29. The lowest BCUT2D eigenvalue weighted by atomic mass is 9.93. The van der Waals surface area contributed by atoms with Gasteiger partial charge in [0.1, 0.15) is 0 Å². The topological polar surface area (TPSA) is 75.4 Å². The van der Waals surface area contributed by atoms with Crippen molar-refractivity contribution in [2.24, 2.45) is 11.7 Å². The van der Waals surface area contributed by atoms with Gasteiger partial charge in [-0.3, -0.25) is 9.59 Å². The molecule has 2 atom stereocenters. The Morgan fingerprint density at radius 1 is 1.30 bits per heavy atom. The second-order valence-electron chi connectivity index (χ2n) is 5.29. The number of benzene rings is 1. The van der Waals surface area contributed by atoms with E-state index in [9.17, 15) is 9.59 Å². The number of nitrogens with one attached hydrogen (secondary N) is 1. The molecule has 108 valence electrons. The van der Waals surface area contributed by atoms with Gasteiger partial charge in [-0.15, -0.1) is 0 Å². The molecule has 20 heavy (non-hydrogen) atoms. The van der Waals surface area contributed by atoms with Crippen LogP contribution in [0.3, 0.4) is 0 Å². The van der Waals surface area contributed by atoms with Crippen molar-refractivity contribution < 1.29 is 9.59 Å². The number of amides is 2. The van der Waals surface area contributed by atoms with Crippen LogP contribution in [0.2, 0.25) is 0 Å². The molecule has 1 aromatic carbocycles. The van der Waals surface area contributed by atoms with Gasteiger partial charge in [-0.1, -0.05) is 18.2 Å². The van der Waals surface area contributed by atoms with Crippen molar-refractivity contribution in [3.63, 3.8) is 0 Å². The van der Waals surface area contributed by atoms with Gasteiger partial charge < -0.3 is 16.0 Å². The zero-order valence-electron chi connectivity index (χ0n) is 11.7. The van der Waals surface area contributed by atoms with Gasteiger partial charge in [0.2, 0.25) is 11.8 Å². The number of nitrogens with zero attached hydrogens (tertiary/aromatic N) is 1. The third-order valence-corrected chi connectivity index (χ3v) is 3.82. The molecule has 0 saturated carbocycles. The summed E-state index contributed by atoms with van der Waals surface area (Å²) < 4.78 is 0. The second kappa shape index (κ2) is 6.41. The predicted octanol–water partition coefficient (Wildman–Crippen LogP) is 1.21. The van der Waals surface area contributed by atoms with E-state index in [4.69, 9.17) is 5.73 Å². The molecular formula is C15H21N3O2. The number of anilines is 1. The molecule has 1 fully saturated rings. The van der Waals surface area contributed by atoms with Crippen molar-refractivity contribution in [1.82, 2.24) is 4.90 Å². The van der Waals surface area contributed by atoms with E-state index in [-0.39, 0.29) is 30.3 Å². The fourth-order valence-corrected chi connectivity index (χ4v) is 2.52. The minimum Gasteiger partial charge on any atom is -0.376 e. The van der Waals surface area contributed by atoms with Crippen LogP contribution in [0.4, 0.5) is 5.69 Å². The number of piperidine rings is 1. The van der Waals surface area contributed by atoms with E-state index in [1.807, 2.05) is 37.3 Å². The summed E-state index contributed by atoms with van der Waals surface area (Å²) in [6, 6.07) is 9.75. The SMILES string of the molecule is CC1CCC(C(N)=O)CN1C(=O)CNc1ccccc1. The average Bonchev–Trinajstić information content (AvgIpc) is 2.46. The molecule has 2 unspecified atom stereocenters. The molecule has 1 aromatic rings. The Labute approximate surface area is 119 Å². The Bertz CT molecular complexity index is 475. The molecule has 1 aliphatic heterocycles. The Kier molecular flexibility index (Phi) is 4.61. The highest BCUT2D eigenvalue weighted by Gasteiger charge is 2.31. The van der Waals surface area contributed by atoms with Crippen LogP contribution in [0.1, 0.15) is 19.8 Å². The van der Waals surface area contributed by atoms with Crippen LogP contribution in [-0.4, -0.2) is 35.8 Å². The first kappa shape index (κ1) is 14.4. The Morgan fingerprint density at radius 2 is 2.00 bits per heavy atom. The zero-order chi connectivity index (χ0) is 14.5. The van der Waals surface area contributed by atoms with Gasteiger partial charge in [0.05, 0.1) is 12.5 Å². The summed E-state index contributed by atoms with van der Waals surface area (Å²) in [5.41, 5.74) is 6.26. The molecule has 0 aromatic heterocycles. The minimum atomic E-state index is -0.314. The van der Waals surface area contributed by atoms with Gasteiger partial charge in [0.15, 0.2) is 0 Å². The van der Waals surface area contributed by atoms with E-state index in [1.165, 1.54) is 0 Å². The lowest BCUT2D eigenvalue weighted by Crippen LogP contribution is -2.50. The molecule has 1 heterocycles. The third kappa shape index (κ3) is 3.50. The Hall–Kier alpha value is -2.04. The molecule has 3 N–H and O–H groups in total. The number of hydrogen-bond donors (Lipinski definition) is 2.